The Labute approximate surface area is 166 Å². The molecule has 164 valence electrons. The highest BCUT2D eigenvalue weighted by atomic mass is 19.4. The summed E-state index contributed by atoms with van der Waals surface area (Å²) < 4.78 is 86.1. The topological polar surface area (TPSA) is 20.2 Å². The van der Waals surface area contributed by atoms with E-state index in [9.17, 15) is 31.4 Å². The van der Waals surface area contributed by atoms with Gasteiger partial charge in [0.25, 0.3) is 0 Å². The van der Waals surface area contributed by atoms with Gasteiger partial charge >= 0.3 is 12.4 Å². The van der Waals surface area contributed by atoms with Crippen molar-refractivity contribution in [2.24, 2.45) is 39.4 Å². The molecule has 0 radical (unpaired) electrons. The first-order valence-electron chi connectivity index (χ1n) is 11.1. The Kier molecular flexibility index (Phi) is 3.29. The second kappa shape index (κ2) is 4.96. The summed E-state index contributed by atoms with van der Waals surface area (Å²) in [6, 6.07) is 0. The molecule has 1 nitrogen and oxygen atoms in total. The van der Waals surface area contributed by atoms with Gasteiger partial charge in [0.2, 0.25) is 0 Å². The van der Waals surface area contributed by atoms with Crippen molar-refractivity contribution in [1.82, 2.24) is 0 Å². The van der Waals surface area contributed by atoms with Gasteiger partial charge in [0.1, 0.15) is 0 Å². The molecule has 8 saturated carbocycles. The fourth-order valence-corrected chi connectivity index (χ4v) is 10.5. The van der Waals surface area contributed by atoms with Gasteiger partial charge in [0.05, 0.1) is 16.4 Å². The second-order valence-corrected chi connectivity index (χ2v) is 12.3. The van der Waals surface area contributed by atoms with Crippen LogP contribution in [-0.2, 0) is 0 Å². The Morgan fingerprint density at radius 3 is 1.48 bits per heavy atom. The van der Waals surface area contributed by atoms with Crippen LogP contribution in [0.4, 0.5) is 26.3 Å². The van der Waals surface area contributed by atoms with E-state index in [-0.39, 0.29) is 37.5 Å². The third-order valence-corrected chi connectivity index (χ3v) is 10.4. The van der Waals surface area contributed by atoms with E-state index in [2.05, 4.69) is 0 Å². The highest BCUT2D eigenvalue weighted by molar-refractivity contribution is 5.23. The minimum absolute atomic E-state index is 0.136. The number of aliphatic hydroxyl groups is 1. The van der Waals surface area contributed by atoms with Crippen molar-refractivity contribution in [1.29, 1.82) is 0 Å². The van der Waals surface area contributed by atoms with Crippen LogP contribution in [0, 0.1) is 39.4 Å². The molecule has 0 heterocycles. The monoisotopic (exact) mass is 422 g/mol. The fourth-order valence-electron chi connectivity index (χ4n) is 10.5. The van der Waals surface area contributed by atoms with E-state index in [1.807, 2.05) is 0 Å². The summed E-state index contributed by atoms with van der Waals surface area (Å²) in [4.78, 5) is 0. The summed E-state index contributed by atoms with van der Waals surface area (Å²) in [6.07, 6.45) is -5.84. The van der Waals surface area contributed by atoms with Crippen LogP contribution in [0.15, 0.2) is 0 Å². The van der Waals surface area contributed by atoms with E-state index < -0.39 is 52.0 Å². The van der Waals surface area contributed by atoms with E-state index in [0.29, 0.717) is 25.7 Å². The lowest BCUT2D eigenvalue weighted by molar-refractivity contribution is -0.374. The van der Waals surface area contributed by atoms with E-state index >= 15 is 0 Å². The SMILES string of the molecule is OC12CC3CC(C1)CC(C14CC5CC(C(F)(F)F)(CC(C(F)(F)F)(C5)C1)C4)(C3)C2. The number of halogens is 6. The number of rotatable bonds is 1. The van der Waals surface area contributed by atoms with Gasteiger partial charge in [0.15, 0.2) is 0 Å². The molecule has 0 saturated heterocycles. The Morgan fingerprint density at radius 1 is 0.552 bits per heavy atom. The molecule has 7 heteroatoms. The summed E-state index contributed by atoms with van der Waals surface area (Å²) in [5, 5.41) is 11.2. The van der Waals surface area contributed by atoms with Crippen LogP contribution >= 0.6 is 0 Å². The van der Waals surface area contributed by atoms with Crippen LogP contribution in [0.5, 0.6) is 0 Å². The molecule has 8 aliphatic carbocycles. The van der Waals surface area contributed by atoms with Gasteiger partial charge in [-0.05, 0) is 106 Å². The Bertz CT molecular complexity index is 709. The third-order valence-electron chi connectivity index (χ3n) is 10.4. The maximum absolute atomic E-state index is 14.4. The maximum atomic E-state index is 14.4. The maximum Gasteiger partial charge on any atom is 0.394 e. The molecule has 8 fully saturated rings. The predicted octanol–water partition coefficient (Wildman–Crippen LogP) is 6.40. The number of hydrogen-bond donors (Lipinski definition) is 1. The molecule has 0 aromatic carbocycles. The smallest absolute Gasteiger partial charge is 0.390 e. The first-order chi connectivity index (χ1) is 13.2. The lowest BCUT2D eigenvalue weighted by Gasteiger charge is -2.75. The first kappa shape index (κ1) is 19.2. The molecule has 1 N–H and O–H groups in total. The Hall–Kier alpha value is -0.460. The van der Waals surface area contributed by atoms with E-state index in [1.165, 1.54) is 0 Å². The summed E-state index contributed by atoms with van der Waals surface area (Å²) in [5.74, 6) is 0.0213. The van der Waals surface area contributed by atoms with E-state index in [0.717, 1.165) is 19.3 Å². The van der Waals surface area contributed by atoms with Crippen molar-refractivity contribution in [3.05, 3.63) is 0 Å². The molecule has 8 aliphatic rings. The predicted molar refractivity (Wildman–Crippen MR) is 92.7 cm³/mol. The molecule has 4 unspecified atom stereocenters. The van der Waals surface area contributed by atoms with Crippen LogP contribution in [0.2, 0.25) is 0 Å². The fraction of sp³-hybridized carbons (Fsp3) is 1.00. The lowest BCUT2D eigenvalue weighted by Crippen LogP contribution is -2.71. The van der Waals surface area contributed by atoms with Crippen LogP contribution in [-0.4, -0.2) is 23.1 Å². The number of alkyl halides is 6. The highest BCUT2D eigenvalue weighted by Gasteiger charge is 2.80. The molecule has 0 aliphatic heterocycles. The van der Waals surface area contributed by atoms with Gasteiger partial charge in [-0.2, -0.15) is 26.3 Å². The quantitative estimate of drug-likeness (QED) is 0.485. The molecule has 8 rings (SSSR count). The summed E-state index contributed by atoms with van der Waals surface area (Å²) in [5.41, 5.74) is -6.74. The van der Waals surface area contributed by atoms with Crippen molar-refractivity contribution in [3.63, 3.8) is 0 Å². The first-order valence-corrected chi connectivity index (χ1v) is 11.1. The average molecular weight is 422 g/mol. The zero-order valence-electron chi connectivity index (χ0n) is 16.4. The molecule has 0 spiro atoms. The molecular weight excluding hydrogens is 394 g/mol. The van der Waals surface area contributed by atoms with Crippen molar-refractivity contribution < 1.29 is 31.4 Å². The largest absolute Gasteiger partial charge is 0.394 e. The standard InChI is InChI=1S/C22H28F6O/c23-21(24,25)18-5-15-4-17(9-18,10-19(6-15,11-18)22(26,27)28)16-2-13-1-14(3-16)8-20(29,7-13)12-16/h13-15,29H,1-12H2. The highest BCUT2D eigenvalue weighted by Crippen LogP contribution is 2.82. The molecule has 0 aromatic rings. The zero-order chi connectivity index (χ0) is 20.7. The van der Waals surface area contributed by atoms with Gasteiger partial charge in [-0.3, -0.25) is 0 Å². The molecule has 8 bridgehead atoms. The second-order valence-electron chi connectivity index (χ2n) is 12.3. The van der Waals surface area contributed by atoms with Gasteiger partial charge < -0.3 is 5.11 Å². The van der Waals surface area contributed by atoms with Crippen LogP contribution in [0.1, 0.15) is 77.0 Å². The summed E-state index contributed by atoms with van der Waals surface area (Å²) in [7, 11) is 0. The molecule has 29 heavy (non-hydrogen) atoms. The van der Waals surface area contributed by atoms with Crippen LogP contribution < -0.4 is 0 Å². The van der Waals surface area contributed by atoms with Crippen LogP contribution in [0.25, 0.3) is 0 Å². The van der Waals surface area contributed by atoms with Crippen molar-refractivity contribution in [2.45, 2.75) is 95.0 Å². The average Bonchev–Trinajstić information content (AvgIpc) is 2.49. The Balaban J connectivity index is 1.51. The molecular formula is C22H28F6O. The third kappa shape index (κ3) is 2.24. The number of hydrogen-bond acceptors (Lipinski definition) is 1. The van der Waals surface area contributed by atoms with Crippen molar-refractivity contribution in [2.75, 3.05) is 0 Å². The van der Waals surface area contributed by atoms with Crippen LogP contribution in [0.3, 0.4) is 0 Å². The minimum Gasteiger partial charge on any atom is -0.390 e. The van der Waals surface area contributed by atoms with Gasteiger partial charge in [-0.25, -0.2) is 0 Å². The Morgan fingerprint density at radius 2 is 1.03 bits per heavy atom. The molecule has 4 atom stereocenters. The lowest BCUT2D eigenvalue weighted by atomic mass is 9.30. The van der Waals surface area contributed by atoms with E-state index in [4.69, 9.17) is 0 Å². The van der Waals surface area contributed by atoms with Gasteiger partial charge in [-0.15, -0.1) is 0 Å². The normalized spacial score (nSPS) is 58.2. The molecule has 0 amide bonds. The van der Waals surface area contributed by atoms with Crippen molar-refractivity contribution in [3.8, 4) is 0 Å². The zero-order valence-corrected chi connectivity index (χ0v) is 16.4. The summed E-state index contributed by atoms with van der Waals surface area (Å²) in [6.45, 7) is 0. The van der Waals surface area contributed by atoms with E-state index in [1.54, 1.807) is 0 Å². The molecule has 0 aromatic heterocycles. The van der Waals surface area contributed by atoms with Crippen molar-refractivity contribution >= 4 is 0 Å². The minimum atomic E-state index is -4.60. The summed E-state index contributed by atoms with van der Waals surface area (Å²) >= 11 is 0. The van der Waals surface area contributed by atoms with Gasteiger partial charge in [-0.1, -0.05) is 0 Å². The van der Waals surface area contributed by atoms with Gasteiger partial charge in [0, 0.05) is 0 Å².